The molecule has 2 fully saturated rings. The normalized spacial score (nSPS) is 25.7. The second-order valence-electron chi connectivity index (χ2n) is 4.88. The van der Waals surface area contributed by atoms with Crippen molar-refractivity contribution in [3.05, 3.63) is 0 Å². The predicted molar refractivity (Wildman–Crippen MR) is 62.3 cm³/mol. The zero-order valence-corrected chi connectivity index (χ0v) is 10.3. The summed E-state index contributed by atoms with van der Waals surface area (Å²) in [5, 5.41) is 2.67. The number of carbonyl (C=O) groups is 2. The van der Waals surface area contributed by atoms with E-state index in [4.69, 9.17) is 4.74 Å². The van der Waals surface area contributed by atoms with E-state index in [-0.39, 0.29) is 11.8 Å². The maximum Gasteiger partial charge on any atom is 0.244 e. The van der Waals surface area contributed by atoms with Crippen molar-refractivity contribution >= 4 is 11.8 Å². The fourth-order valence-corrected chi connectivity index (χ4v) is 1.93. The van der Waals surface area contributed by atoms with Crippen LogP contribution in [0.3, 0.4) is 0 Å². The standard InChI is InChI=1S/C12H20N2O3/c1-9-12(16)14(5-4-11(15)13-9)6-7-17-8-10-2-3-10/h9-10H,2-8H2,1H3,(H,13,15). The molecule has 2 rings (SSSR count). The molecule has 96 valence electrons. The molecular weight excluding hydrogens is 220 g/mol. The van der Waals surface area contributed by atoms with Gasteiger partial charge >= 0.3 is 0 Å². The Morgan fingerprint density at radius 2 is 2.18 bits per heavy atom. The molecular formula is C12H20N2O3. The second-order valence-corrected chi connectivity index (χ2v) is 4.88. The Hall–Kier alpha value is -1.10. The first-order valence-corrected chi connectivity index (χ1v) is 6.32. The van der Waals surface area contributed by atoms with E-state index < -0.39 is 6.04 Å². The summed E-state index contributed by atoms with van der Waals surface area (Å²) in [6.07, 6.45) is 2.94. The third-order valence-corrected chi connectivity index (χ3v) is 3.22. The van der Waals surface area contributed by atoms with Crippen LogP contribution in [-0.4, -0.2) is 49.1 Å². The Labute approximate surface area is 101 Å². The number of rotatable bonds is 5. The van der Waals surface area contributed by atoms with Gasteiger partial charge in [-0.2, -0.15) is 0 Å². The van der Waals surface area contributed by atoms with Crippen molar-refractivity contribution in [2.75, 3.05) is 26.3 Å². The maximum absolute atomic E-state index is 11.9. The number of carbonyl (C=O) groups excluding carboxylic acids is 2. The minimum Gasteiger partial charge on any atom is -0.379 e. The smallest absolute Gasteiger partial charge is 0.244 e. The van der Waals surface area contributed by atoms with Gasteiger partial charge in [-0.3, -0.25) is 9.59 Å². The van der Waals surface area contributed by atoms with Crippen molar-refractivity contribution < 1.29 is 14.3 Å². The fraction of sp³-hybridized carbons (Fsp3) is 0.833. The van der Waals surface area contributed by atoms with Gasteiger partial charge in [0.25, 0.3) is 0 Å². The molecule has 2 amide bonds. The van der Waals surface area contributed by atoms with E-state index in [1.165, 1.54) is 12.8 Å². The van der Waals surface area contributed by atoms with E-state index in [9.17, 15) is 9.59 Å². The highest BCUT2D eigenvalue weighted by Gasteiger charge is 2.26. The first-order valence-electron chi connectivity index (χ1n) is 6.32. The molecule has 0 aromatic rings. The lowest BCUT2D eigenvalue weighted by atomic mass is 10.3. The molecule has 1 saturated heterocycles. The number of hydrogen-bond acceptors (Lipinski definition) is 3. The topological polar surface area (TPSA) is 58.6 Å². The van der Waals surface area contributed by atoms with Gasteiger partial charge in [-0.05, 0) is 25.7 Å². The van der Waals surface area contributed by atoms with Gasteiger partial charge in [0.15, 0.2) is 0 Å². The summed E-state index contributed by atoms with van der Waals surface area (Å²) < 4.78 is 5.51. The summed E-state index contributed by atoms with van der Waals surface area (Å²) in [4.78, 5) is 24.9. The molecule has 5 heteroatoms. The maximum atomic E-state index is 11.9. The van der Waals surface area contributed by atoms with E-state index in [2.05, 4.69) is 5.32 Å². The zero-order chi connectivity index (χ0) is 12.3. The molecule has 0 bridgehead atoms. The quantitative estimate of drug-likeness (QED) is 0.696. The molecule has 1 atom stereocenters. The molecule has 1 aliphatic carbocycles. The summed E-state index contributed by atoms with van der Waals surface area (Å²) in [5.74, 6) is 0.690. The summed E-state index contributed by atoms with van der Waals surface area (Å²) in [6.45, 7) is 4.20. The monoisotopic (exact) mass is 240 g/mol. The van der Waals surface area contributed by atoms with Crippen LogP contribution in [0.25, 0.3) is 0 Å². The van der Waals surface area contributed by atoms with Crippen molar-refractivity contribution in [2.45, 2.75) is 32.2 Å². The number of ether oxygens (including phenoxy) is 1. The van der Waals surface area contributed by atoms with Crippen molar-refractivity contribution in [2.24, 2.45) is 5.92 Å². The zero-order valence-electron chi connectivity index (χ0n) is 10.3. The van der Waals surface area contributed by atoms with Crippen LogP contribution in [0.2, 0.25) is 0 Å². The summed E-state index contributed by atoms with van der Waals surface area (Å²) in [6, 6.07) is -0.409. The highest BCUT2D eigenvalue weighted by molar-refractivity contribution is 5.89. The van der Waals surface area contributed by atoms with Crippen LogP contribution in [0.1, 0.15) is 26.2 Å². The third kappa shape index (κ3) is 3.70. The van der Waals surface area contributed by atoms with Gasteiger partial charge in [-0.1, -0.05) is 0 Å². The van der Waals surface area contributed by atoms with Gasteiger partial charge in [0.2, 0.25) is 11.8 Å². The van der Waals surface area contributed by atoms with Gasteiger partial charge in [-0.15, -0.1) is 0 Å². The molecule has 5 nitrogen and oxygen atoms in total. The Morgan fingerprint density at radius 1 is 1.41 bits per heavy atom. The number of nitrogens with one attached hydrogen (secondary N) is 1. The summed E-state index contributed by atoms with van der Waals surface area (Å²) in [7, 11) is 0. The molecule has 1 N–H and O–H groups in total. The van der Waals surface area contributed by atoms with Crippen LogP contribution in [0, 0.1) is 5.92 Å². The molecule has 0 aromatic heterocycles. The lowest BCUT2D eigenvalue weighted by Gasteiger charge is -2.22. The van der Waals surface area contributed by atoms with Crippen LogP contribution < -0.4 is 5.32 Å². The van der Waals surface area contributed by atoms with Crippen LogP contribution in [-0.2, 0) is 14.3 Å². The molecule has 0 radical (unpaired) electrons. The average Bonchev–Trinajstić information content (AvgIpc) is 3.10. The number of nitrogens with zero attached hydrogens (tertiary/aromatic N) is 1. The first kappa shape index (κ1) is 12.4. The SMILES string of the molecule is CC1NC(=O)CCN(CCOCC2CC2)C1=O. The van der Waals surface area contributed by atoms with Gasteiger partial charge < -0.3 is 15.0 Å². The average molecular weight is 240 g/mol. The molecule has 0 spiro atoms. The lowest BCUT2D eigenvalue weighted by Crippen LogP contribution is -2.43. The van der Waals surface area contributed by atoms with Gasteiger partial charge in [0.1, 0.15) is 6.04 Å². The van der Waals surface area contributed by atoms with Crippen LogP contribution >= 0.6 is 0 Å². The van der Waals surface area contributed by atoms with E-state index in [0.29, 0.717) is 26.1 Å². The molecule has 2 aliphatic rings. The van der Waals surface area contributed by atoms with Gasteiger partial charge in [0.05, 0.1) is 6.61 Å². The number of amides is 2. The van der Waals surface area contributed by atoms with Crippen LogP contribution in [0.15, 0.2) is 0 Å². The van der Waals surface area contributed by atoms with Crippen molar-refractivity contribution in [3.63, 3.8) is 0 Å². The van der Waals surface area contributed by atoms with Crippen LogP contribution in [0.5, 0.6) is 0 Å². The highest BCUT2D eigenvalue weighted by atomic mass is 16.5. The Bertz CT molecular complexity index is 302. The number of hydrogen-bond donors (Lipinski definition) is 1. The Morgan fingerprint density at radius 3 is 2.88 bits per heavy atom. The third-order valence-electron chi connectivity index (χ3n) is 3.22. The highest BCUT2D eigenvalue weighted by Crippen LogP contribution is 2.28. The summed E-state index contributed by atoms with van der Waals surface area (Å²) >= 11 is 0. The van der Waals surface area contributed by atoms with Gasteiger partial charge in [0, 0.05) is 26.1 Å². The molecule has 17 heavy (non-hydrogen) atoms. The second kappa shape index (κ2) is 5.49. The minimum atomic E-state index is -0.409. The fourth-order valence-electron chi connectivity index (χ4n) is 1.93. The van der Waals surface area contributed by atoms with E-state index >= 15 is 0 Å². The molecule has 1 aliphatic heterocycles. The van der Waals surface area contributed by atoms with Crippen molar-refractivity contribution in [3.8, 4) is 0 Å². The molecule has 1 saturated carbocycles. The van der Waals surface area contributed by atoms with E-state index in [1.54, 1.807) is 11.8 Å². The van der Waals surface area contributed by atoms with Crippen molar-refractivity contribution in [1.29, 1.82) is 0 Å². The van der Waals surface area contributed by atoms with E-state index in [1.807, 2.05) is 0 Å². The predicted octanol–water partition coefficient (Wildman–Crippen LogP) is 0.150. The molecule has 1 heterocycles. The van der Waals surface area contributed by atoms with Crippen LogP contribution in [0.4, 0.5) is 0 Å². The van der Waals surface area contributed by atoms with Crippen molar-refractivity contribution in [1.82, 2.24) is 10.2 Å². The molecule has 0 aromatic carbocycles. The largest absolute Gasteiger partial charge is 0.379 e. The molecule has 1 unspecified atom stereocenters. The summed E-state index contributed by atoms with van der Waals surface area (Å²) in [5.41, 5.74) is 0. The Kier molecular flexibility index (Phi) is 3.99. The first-order chi connectivity index (χ1) is 8.16. The minimum absolute atomic E-state index is 0.00845. The Balaban J connectivity index is 1.72. The van der Waals surface area contributed by atoms with Gasteiger partial charge in [-0.25, -0.2) is 0 Å². The lowest BCUT2D eigenvalue weighted by molar-refractivity contribution is -0.133. The van der Waals surface area contributed by atoms with E-state index in [0.717, 1.165) is 12.5 Å².